The molecule has 0 aliphatic heterocycles. The van der Waals surface area contributed by atoms with E-state index in [2.05, 4.69) is 24.0 Å². The van der Waals surface area contributed by atoms with E-state index in [1.165, 1.54) is 5.56 Å². The summed E-state index contributed by atoms with van der Waals surface area (Å²) in [6, 6.07) is 10.3. The molecule has 0 aliphatic rings. The molecule has 3 heteroatoms. The molecule has 1 aromatic heterocycles. The average Bonchev–Trinajstić information content (AvgIpc) is 2.73. The second kappa shape index (κ2) is 4.94. The topological polar surface area (TPSA) is 52.0 Å². The van der Waals surface area contributed by atoms with Crippen molar-refractivity contribution in [3.05, 3.63) is 53.2 Å². The van der Waals surface area contributed by atoms with Crippen LogP contribution in [-0.4, -0.2) is 4.98 Å². The summed E-state index contributed by atoms with van der Waals surface area (Å²) in [7, 11) is 0. The van der Waals surface area contributed by atoms with Gasteiger partial charge in [-0.2, -0.15) is 0 Å². The van der Waals surface area contributed by atoms with Crippen molar-refractivity contribution >= 4 is 0 Å². The molecule has 84 valence electrons. The van der Waals surface area contributed by atoms with E-state index in [0.29, 0.717) is 12.4 Å². The monoisotopic (exact) mass is 216 g/mol. The second-order valence-electron chi connectivity index (χ2n) is 3.70. The Kier molecular flexibility index (Phi) is 3.37. The first kappa shape index (κ1) is 10.9. The molecule has 0 fully saturated rings. The summed E-state index contributed by atoms with van der Waals surface area (Å²) >= 11 is 0. The van der Waals surface area contributed by atoms with Crippen molar-refractivity contribution in [3.63, 3.8) is 0 Å². The highest BCUT2D eigenvalue weighted by molar-refractivity contribution is 5.23. The molecule has 3 nitrogen and oxygen atoms in total. The third kappa shape index (κ3) is 2.31. The van der Waals surface area contributed by atoms with Gasteiger partial charge in [0.1, 0.15) is 5.76 Å². The smallest absolute Gasteiger partial charge is 0.208 e. The number of aromatic nitrogens is 1. The summed E-state index contributed by atoms with van der Waals surface area (Å²) in [4.78, 5) is 4.40. The van der Waals surface area contributed by atoms with Crippen LogP contribution in [-0.2, 0) is 19.4 Å². The van der Waals surface area contributed by atoms with Crippen LogP contribution in [0.1, 0.15) is 29.8 Å². The number of oxazole rings is 1. The van der Waals surface area contributed by atoms with Gasteiger partial charge in [0.2, 0.25) is 5.89 Å². The Hall–Kier alpha value is -1.61. The van der Waals surface area contributed by atoms with E-state index in [-0.39, 0.29) is 0 Å². The number of aryl methyl sites for hydroxylation is 1. The van der Waals surface area contributed by atoms with Crippen molar-refractivity contribution in [2.45, 2.75) is 26.3 Å². The number of benzene rings is 1. The van der Waals surface area contributed by atoms with Gasteiger partial charge >= 0.3 is 0 Å². The van der Waals surface area contributed by atoms with Crippen molar-refractivity contribution in [2.24, 2.45) is 5.73 Å². The van der Waals surface area contributed by atoms with E-state index in [1.807, 2.05) is 18.2 Å². The molecule has 2 N–H and O–H groups in total. The van der Waals surface area contributed by atoms with Crippen LogP contribution in [0, 0.1) is 0 Å². The minimum Gasteiger partial charge on any atom is -0.444 e. The lowest BCUT2D eigenvalue weighted by Gasteiger charge is -1.98. The lowest BCUT2D eigenvalue weighted by molar-refractivity contribution is 0.460. The molecule has 0 atom stereocenters. The number of hydrogen-bond acceptors (Lipinski definition) is 3. The minimum absolute atomic E-state index is 0.363. The maximum absolute atomic E-state index is 5.55. The maximum atomic E-state index is 5.55. The van der Waals surface area contributed by atoms with E-state index >= 15 is 0 Å². The lowest BCUT2D eigenvalue weighted by Crippen LogP contribution is -1.97. The Balaban J connectivity index is 2.23. The SMILES string of the molecule is CCc1oc(CN)nc1Cc1ccccc1. The molecule has 0 unspecified atom stereocenters. The Morgan fingerprint density at radius 2 is 2.00 bits per heavy atom. The molecular weight excluding hydrogens is 200 g/mol. The molecule has 16 heavy (non-hydrogen) atoms. The van der Waals surface area contributed by atoms with Gasteiger partial charge < -0.3 is 10.2 Å². The summed E-state index contributed by atoms with van der Waals surface area (Å²) in [6.07, 6.45) is 1.67. The van der Waals surface area contributed by atoms with E-state index in [0.717, 1.165) is 24.3 Å². The third-order valence-corrected chi connectivity index (χ3v) is 2.53. The van der Waals surface area contributed by atoms with Crippen molar-refractivity contribution in [1.82, 2.24) is 4.98 Å². The quantitative estimate of drug-likeness (QED) is 0.853. The highest BCUT2D eigenvalue weighted by atomic mass is 16.4. The number of hydrogen-bond donors (Lipinski definition) is 1. The first-order chi connectivity index (χ1) is 7.83. The van der Waals surface area contributed by atoms with Crippen LogP contribution in [0.5, 0.6) is 0 Å². The summed E-state index contributed by atoms with van der Waals surface area (Å²) in [5, 5.41) is 0. The molecule has 1 aromatic carbocycles. The number of nitrogens with zero attached hydrogens (tertiary/aromatic N) is 1. The van der Waals surface area contributed by atoms with Crippen LogP contribution in [0.25, 0.3) is 0 Å². The van der Waals surface area contributed by atoms with Gasteiger partial charge in [0.25, 0.3) is 0 Å². The van der Waals surface area contributed by atoms with Crippen molar-refractivity contribution in [2.75, 3.05) is 0 Å². The largest absolute Gasteiger partial charge is 0.444 e. The second-order valence-corrected chi connectivity index (χ2v) is 3.70. The molecule has 2 rings (SSSR count). The number of nitrogens with two attached hydrogens (primary N) is 1. The van der Waals surface area contributed by atoms with Crippen LogP contribution in [0.2, 0.25) is 0 Å². The zero-order valence-corrected chi connectivity index (χ0v) is 9.44. The van der Waals surface area contributed by atoms with E-state index in [1.54, 1.807) is 0 Å². The van der Waals surface area contributed by atoms with Crippen molar-refractivity contribution < 1.29 is 4.42 Å². The third-order valence-electron chi connectivity index (χ3n) is 2.53. The molecule has 2 aromatic rings. The van der Waals surface area contributed by atoms with Gasteiger partial charge in [-0.3, -0.25) is 0 Å². The molecule has 0 amide bonds. The molecule has 0 saturated heterocycles. The lowest BCUT2D eigenvalue weighted by atomic mass is 10.1. The molecule has 0 aliphatic carbocycles. The first-order valence-electron chi connectivity index (χ1n) is 5.55. The van der Waals surface area contributed by atoms with Crippen LogP contribution >= 0.6 is 0 Å². The maximum Gasteiger partial charge on any atom is 0.208 e. The van der Waals surface area contributed by atoms with Crippen LogP contribution in [0.15, 0.2) is 34.7 Å². The fraction of sp³-hybridized carbons (Fsp3) is 0.308. The fourth-order valence-electron chi connectivity index (χ4n) is 1.73. The minimum atomic E-state index is 0.363. The van der Waals surface area contributed by atoms with Gasteiger partial charge in [0.05, 0.1) is 12.2 Å². The molecule has 0 radical (unpaired) electrons. The highest BCUT2D eigenvalue weighted by Crippen LogP contribution is 2.15. The van der Waals surface area contributed by atoms with Gasteiger partial charge in [-0.05, 0) is 5.56 Å². The Bertz CT molecular complexity index is 448. The zero-order valence-electron chi connectivity index (χ0n) is 9.44. The molecule has 0 bridgehead atoms. The Labute approximate surface area is 95.3 Å². The summed E-state index contributed by atoms with van der Waals surface area (Å²) in [5.74, 6) is 1.58. The average molecular weight is 216 g/mol. The zero-order chi connectivity index (χ0) is 11.4. The van der Waals surface area contributed by atoms with E-state index in [9.17, 15) is 0 Å². The first-order valence-corrected chi connectivity index (χ1v) is 5.55. The Morgan fingerprint density at radius 1 is 1.25 bits per heavy atom. The van der Waals surface area contributed by atoms with Crippen molar-refractivity contribution in [1.29, 1.82) is 0 Å². The molecule has 0 saturated carbocycles. The van der Waals surface area contributed by atoms with E-state index in [4.69, 9.17) is 10.2 Å². The summed E-state index contributed by atoms with van der Waals surface area (Å²) in [5.41, 5.74) is 7.78. The normalized spacial score (nSPS) is 10.6. The van der Waals surface area contributed by atoms with Gasteiger partial charge in [-0.15, -0.1) is 0 Å². The van der Waals surface area contributed by atoms with Gasteiger partial charge in [0, 0.05) is 12.8 Å². The van der Waals surface area contributed by atoms with Crippen LogP contribution < -0.4 is 5.73 Å². The van der Waals surface area contributed by atoms with Crippen LogP contribution in [0.3, 0.4) is 0 Å². The van der Waals surface area contributed by atoms with E-state index < -0.39 is 0 Å². The van der Waals surface area contributed by atoms with Gasteiger partial charge in [0.15, 0.2) is 0 Å². The molecule has 1 heterocycles. The summed E-state index contributed by atoms with van der Waals surface area (Å²) in [6.45, 7) is 2.43. The fourth-order valence-corrected chi connectivity index (χ4v) is 1.73. The predicted molar refractivity (Wildman–Crippen MR) is 63.0 cm³/mol. The van der Waals surface area contributed by atoms with Gasteiger partial charge in [-0.1, -0.05) is 37.3 Å². The molecule has 0 spiro atoms. The standard InChI is InChI=1S/C13H16N2O/c1-2-12-11(15-13(9-14)16-12)8-10-6-4-3-5-7-10/h3-7H,2,8-9,14H2,1H3. The predicted octanol–water partition coefficient (Wildman–Crippen LogP) is 2.29. The number of rotatable bonds is 4. The highest BCUT2D eigenvalue weighted by Gasteiger charge is 2.10. The Morgan fingerprint density at radius 3 is 2.62 bits per heavy atom. The van der Waals surface area contributed by atoms with Gasteiger partial charge in [-0.25, -0.2) is 4.98 Å². The van der Waals surface area contributed by atoms with Crippen molar-refractivity contribution in [3.8, 4) is 0 Å². The molecular formula is C13H16N2O. The summed E-state index contributed by atoms with van der Waals surface area (Å²) < 4.78 is 5.55. The van der Waals surface area contributed by atoms with Crippen LogP contribution in [0.4, 0.5) is 0 Å².